The van der Waals surface area contributed by atoms with E-state index in [1.54, 1.807) is 19.4 Å². The molecule has 1 atom stereocenters. The quantitative estimate of drug-likeness (QED) is 0.479. The van der Waals surface area contributed by atoms with Crippen LogP contribution < -0.4 is 20.9 Å². The third-order valence-corrected chi connectivity index (χ3v) is 5.07. The third-order valence-electron chi connectivity index (χ3n) is 4.40. The van der Waals surface area contributed by atoms with Gasteiger partial charge in [-0.25, -0.2) is 0 Å². The fraction of sp³-hybridized carbons (Fsp3) is 0.368. The van der Waals surface area contributed by atoms with E-state index in [4.69, 9.17) is 4.42 Å². The van der Waals surface area contributed by atoms with Crippen molar-refractivity contribution < 1.29 is 9.21 Å². The van der Waals surface area contributed by atoms with Crippen LogP contribution in [0.2, 0.25) is 0 Å². The van der Waals surface area contributed by atoms with E-state index in [1.807, 2.05) is 18.2 Å². The molecule has 27 heavy (non-hydrogen) atoms. The molecule has 1 amide bonds. The lowest BCUT2D eigenvalue weighted by Gasteiger charge is -2.21. The summed E-state index contributed by atoms with van der Waals surface area (Å²) in [5, 5.41) is 9.26. The largest absolute Gasteiger partial charge is 0.467 e. The van der Waals surface area contributed by atoms with E-state index < -0.39 is 0 Å². The minimum atomic E-state index is -0.115. The first kappa shape index (κ1) is 19.3. The van der Waals surface area contributed by atoms with Crippen LogP contribution in [-0.2, 0) is 11.3 Å². The Kier molecular flexibility index (Phi) is 6.75. The third kappa shape index (κ3) is 5.50. The van der Waals surface area contributed by atoms with Crippen LogP contribution in [0.4, 0.5) is 5.69 Å². The summed E-state index contributed by atoms with van der Waals surface area (Å²) in [7, 11) is 1.70. The van der Waals surface area contributed by atoms with E-state index in [-0.39, 0.29) is 18.5 Å². The van der Waals surface area contributed by atoms with Crippen molar-refractivity contribution in [3.63, 3.8) is 0 Å². The van der Waals surface area contributed by atoms with Gasteiger partial charge in [-0.05, 0) is 46.6 Å². The van der Waals surface area contributed by atoms with Gasteiger partial charge in [-0.15, -0.1) is 0 Å². The number of amides is 1. The second-order valence-electron chi connectivity index (χ2n) is 6.31. The van der Waals surface area contributed by atoms with Crippen molar-refractivity contribution in [3.05, 3.63) is 52.9 Å². The first-order valence-corrected chi connectivity index (χ1v) is 9.70. The van der Waals surface area contributed by atoms with E-state index >= 15 is 0 Å². The number of aliphatic imine (C=N–C) groups is 1. The van der Waals surface area contributed by atoms with Gasteiger partial charge in [0.2, 0.25) is 5.91 Å². The Balaban J connectivity index is 1.42. The standard InChI is InChI=1S/C19H24BrN5O2/c1-21-19(23-12-18(26)22-11-15-5-4-10-27-15)24-14-8-9-25(13-14)17-7-3-2-6-16(17)20/h2-7,10,14H,8-9,11-13H2,1H3,(H,22,26)(H2,21,23,24). The van der Waals surface area contributed by atoms with Gasteiger partial charge in [0.25, 0.3) is 0 Å². The van der Waals surface area contributed by atoms with Crippen molar-refractivity contribution in [1.82, 2.24) is 16.0 Å². The topological polar surface area (TPSA) is 81.9 Å². The smallest absolute Gasteiger partial charge is 0.239 e. The Bertz CT molecular complexity index is 778. The zero-order valence-electron chi connectivity index (χ0n) is 15.2. The molecule has 1 unspecified atom stereocenters. The Hall–Kier alpha value is -2.48. The first-order chi connectivity index (χ1) is 13.2. The summed E-state index contributed by atoms with van der Waals surface area (Å²) in [5.41, 5.74) is 1.20. The Labute approximate surface area is 167 Å². The molecule has 1 aromatic carbocycles. The maximum Gasteiger partial charge on any atom is 0.239 e. The molecule has 0 radical (unpaired) electrons. The van der Waals surface area contributed by atoms with Gasteiger partial charge in [0.1, 0.15) is 5.76 Å². The second-order valence-corrected chi connectivity index (χ2v) is 7.16. The van der Waals surface area contributed by atoms with E-state index in [0.717, 1.165) is 29.7 Å². The summed E-state index contributed by atoms with van der Waals surface area (Å²) in [4.78, 5) is 18.5. The molecular weight excluding hydrogens is 410 g/mol. The SMILES string of the molecule is CN=C(NCC(=O)NCc1ccco1)NC1CCN(c2ccccc2Br)C1. The molecule has 0 bridgehead atoms. The van der Waals surface area contributed by atoms with Gasteiger partial charge in [0.15, 0.2) is 5.96 Å². The van der Waals surface area contributed by atoms with Crippen LogP contribution in [0.1, 0.15) is 12.2 Å². The van der Waals surface area contributed by atoms with Gasteiger partial charge < -0.3 is 25.3 Å². The molecule has 7 nitrogen and oxygen atoms in total. The molecule has 1 aliphatic heterocycles. The Morgan fingerprint density at radius 1 is 1.30 bits per heavy atom. The molecule has 1 fully saturated rings. The van der Waals surface area contributed by atoms with Crippen molar-refractivity contribution in [2.45, 2.75) is 19.0 Å². The van der Waals surface area contributed by atoms with Crippen molar-refractivity contribution in [2.24, 2.45) is 4.99 Å². The van der Waals surface area contributed by atoms with Crippen LogP contribution in [0.25, 0.3) is 0 Å². The molecule has 0 aliphatic carbocycles. The molecule has 1 saturated heterocycles. The number of hydrogen-bond donors (Lipinski definition) is 3. The highest BCUT2D eigenvalue weighted by molar-refractivity contribution is 9.10. The van der Waals surface area contributed by atoms with Gasteiger partial charge in [-0.3, -0.25) is 9.79 Å². The molecule has 0 saturated carbocycles. The summed E-state index contributed by atoms with van der Waals surface area (Å²) in [6.07, 6.45) is 2.59. The van der Waals surface area contributed by atoms with E-state index in [2.05, 4.69) is 53.9 Å². The van der Waals surface area contributed by atoms with Gasteiger partial charge in [-0.2, -0.15) is 0 Å². The number of carbonyl (C=O) groups is 1. The number of nitrogens with zero attached hydrogens (tertiary/aromatic N) is 2. The number of anilines is 1. The second kappa shape index (κ2) is 9.45. The van der Waals surface area contributed by atoms with Crippen LogP contribution in [0.5, 0.6) is 0 Å². The monoisotopic (exact) mass is 433 g/mol. The van der Waals surface area contributed by atoms with Gasteiger partial charge >= 0.3 is 0 Å². The summed E-state index contributed by atoms with van der Waals surface area (Å²) < 4.78 is 6.29. The van der Waals surface area contributed by atoms with Crippen molar-refractivity contribution in [3.8, 4) is 0 Å². The van der Waals surface area contributed by atoms with Crippen LogP contribution in [-0.4, -0.2) is 44.6 Å². The molecule has 8 heteroatoms. The molecule has 0 spiro atoms. The number of hydrogen-bond acceptors (Lipinski definition) is 4. The predicted octanol–water partition coefficient (Wildman–Crippen LogP) is 2.10. The molecule has 3 N–H and O–H groups in total. The summed E-state index contributed by atoms with van der Waals surface area (Å²) in [6.45, 7) is 2.39. The molecule has 2 aromatic rings. The lowest BCUT2D eigenvalue weighted by molar-refractivity contribution is -0.120. The average Bonchev–Trinajstić information content (AvgIpc) is 3.35. The Morgan fingerprint density at radius 2 is 2.15 bits per heavy atom. The minimum Gasteiger partial charge on any atom is -0.467 e. The maximum absolute atomic E-state index is 12.0. The maximum atomic E-state index is 12.0. The van der Waals surface area contributed by atoms with Crippen molar-refractivity contribution in [2.75, 3.05) is 31.6 Å². The minimum absolute atomic E-state index is 0.115. The molecule has 1 aliphatic rings. The molecule has 2 heterocycles. The van der Waals surface area contributed by atoms with E-state index in [1.165, 1.54) is 5.69 Å². The number of rotatable bonds is 6. The number of guanidine groups is 1. The number of furan rings is 1. The molecule has 3 rings (SSSR count). The van der Waals surface area contributed by atoms with Gasteiger partial charge in [0, 0.05) is 30.7 Å². The number of halogens is 1. The Morgan fingerprint density at radius 3 is 2.89 bits per heavy atom. The highest BCUT2D eigenvalue weighted by Gasteiger charge is 2.24. The zero-order valence-corrected chi connectivity index (χ0v) is 16.8. The zero-order chi connectivity index (χ0) is 19.1. The predicted molar refractivity (Wildman–Crippen MR) is 110 cm³/mol. The van der Waals surface area contributed by atoms with Crippen LogP contribution >= 0.6 is 15.9 Å². The summed E-state index contributed by atoms with van der Waals surface area (Å²) in [6, 6.07) is 12.1. The highest BCUT2D eigenvalue weighted by Crippen LogP contribution is 2.28. The highest BCUT2D eigenvalue weighted by atomic mass is 79.9. The van der Waals surface area contributed by atoms with Crippen LogP contribution in [0.15, 0.2) is 56.5 Å². The number of para-hydroxylation sites is 1. The fourth-order valence-electron chi connectivity index (χ4n) is 3.02. The summed E-state index contributed by atoms with van der Waals surface area (Å²) >= 11 is 3.61. The van der Waals surface area contributed by atoms with Gasteiger partial charge in [-0.1, -0.05) is 12.1 Å². The fourth-order valence-corrected chi connectivity index (χ4v) is 3.55. The summed E-state index contributed by atoms with van der Waals surface area (Å²) in [5.74, 6) is 1.24. The number of carbonyl (C=O) groups excluding carboxylic acids is 1. The van der Waals surface area contributed by atoms with E-state index in [0.29, 0.717) is 12.5 Å². The number of benzene rings is 1. The van der Waals surface area contributed by atoms with Crippen molar-refractivity contribution >= 4 is 33.5 Å². The lowest BCUT2D eigenvalue weighted by Crippen LogP contribution is -2.47. The van der Waals surface area contributed by atoms with Crippen LogP contribution in [0.3, 0.4) is 0 Å². The normalized spacial score (nSPS) is 17.0. The van der Waals surface area contributed by atoms with Crippen molar-refractivity contribution in [1.29, 1.82) is 0 Å². The van der Waals surface area contributed by atoms with Gasteiger partial charge in [0.05, 0.1) is 25.0 Å². The number of nitrogens with one attached hydrogen (secondary N) is 3. The van der Waals surface area contributed by atoms with Crippen LogP contribution in [0, 0.1) is 0 Å². The molecular formula is C19H24BrN5O2. The van der Waals surface area contributed by atoms with E-state index in [9.17, 15) is 4.79 Å². The average molecular weight is 434 g/mol. The first-order valence-electron chi connectivity index (χ1n) is 8.91. The molecule has 1 aromatic heterocycles. The lowest BCUT2D eigenvalue weighted by atomic mass is 10.3. The molecule has 144 valence electrons.